The van der Waals surface area contributed by atoms with Crippen LogP contribution in [0.15, 0.2) is 15.4 Å². The van der Waals surface area contributed by atoms with Gasteiger partial charge in [-0.1, -0.05) is 0 Å². The van der Waals surface area contributed by atoms with Gasteiger partial charge in [0.25, 0.3) is 5.56 Å². The molecule has 0 saturated carbocycles. The van der Waals surface area contributed by atoms with Crippen molar-refractivity contribution in [3.05, 3.63) is 22.2 Å². The second-order valence-corrected chi connectivity index (χ2v) is 6.07. The molecule has 1 amide bonds. The Balaban J connectivity index is 1.71. The van der Waals surface area contributed by atoms with Crippen molar-refractivity contribution < 1.29 is 18.8 Å². The average Bonchev–Trinajstić information content (AvgIpc) is 3.01. The number of rotatable bonds is 3. The Morgan fingerprint density at radius 3 is 2.83 bits per heavy atom. The van der Waals surface area contributed by atoms with Crippen LogP contribution in [-0.4, -0.2) is 73.6 Å². The zero-order valence-electron chi connectivity index (χ0n) is 13.3. The second-order valence-electron chi connectivity index (χ2n) is 6.07. The molecule has 2 aliphatic heterocycles. The number of nitrogens with one attached hydrogen (secondary N) is 1. The molecule has 0 spiro atoms. The van der Waals surface area contributed by atoms with E-state index in [0.29, 0.717) is 12.3 Å². The Bertz CT molecular complexity index is 578. The van der Waals surface area contributed by atoms with Crippen LogP contribution in [0.2, 0.25) is 0 Å². The standard InChI is InChI=1S/C15H23N3O5/c1-21-15(20)18-3-2-11(13-9-14(19)16-23-13)8-12(18)10-17-4-6-22-7-5-17/h9,11-12H,2-8,10H2,1H3,(H,16,19)/t11-,12-/m1/s1. The molecular weight excluding hydrogens is 302 g/mol. The fraction of sp³-hybridized carbons (Fsp3) is 0.733. The van der Waals surface area contributed by atoms with E-state index in [1.54, 1.807) is 4.90 Å². The maximum atomic E-state index is 12.0. The third-order valence-electron chi connectivity index (χ3n) is 4.64. The Morgan fingerprint density at radius 2 is 2.17 bits per heavy atom. The number of ether oxygens (including phenoxy) is 2. The number of aromatic amines is 1. The SMILES string of the molecule is COC(=O)N1CC[C@@H](c2cc(=O)[nH]o2)C[C@@H]1CN1CCOCC1. The molecule has 2 fully saturated rings. The zero-order valence-corrected chi connectivity index (χ0v) is 13.3. The van der Waals surface area contributed by atoms with E-state index >= 15 is 0 Å². The topological polar surface area (TPSA) is 88.0 Å². The summed E-state index contributed by atoms with van der Waals surface area (Å²) in [6.45, 7) is 4.57. The molecule has 1 aromatic rings. The number of hydrogen-bond acceptors (Lipinski definition) is 6. The Labute approximate surface area is 134 Å². The van der Waals surface area contributed by atoms with Crippen molar-refractivity contribution in [2.45, 2.75) is 24.8 Å². The van der Waals surface area contributed by atoms with E-state index in [1.165, 1.54) is 13.2 Å². The number of H-pyrrole nitrogens is 1. The van der Waals surface area contributed by atoms with Gasteiger partial charge in [-0.25, -0.2) is 4.79 Å². The number of morpholine rings is 1. The van der Waals surface area contributed by atoms with Gasteiger partial charge in [0.05, 0.1) is 20.3 Å². The molecule has 0 aromatic carbocycles. The minimum absolute atomic E-state index is 0.0412. The van der Waals surface area contributed by atoms with Gasteiger partial charge >= 0.3 is 6.09 Å². The number of carbonyl (C=O) groups excluding carboxylic acids is 1. The molecule has 3 heterocycles. The van der Waals surface area contributed by atoms with Gasteiger partial charge in [-0.05, 0) is 12.8 Å². The maximum Gasteiger partial charge on any atom is 0.409 e. The van der Waals surface area contributed by atoms with Crippen LogP contribution in [0.25, 0.3) is 0 Å². The number of nitrogens with zero attached hydrogens (tertiary/aromatic N) is 2. The first-order valence-electron chi connectivity index (χ1n) is 8.00. The van der Waals surface area contributed by atoms with Crippen LogP contribution in [-0.2, 0) is 9.47 Å². The maximum absolute atomic E-state index is 12.0. The quantitative estimate of drug-likeness (QED) is 0.876. The summed E-state index contributed by atoms with van der Waals surface area (Å²) in [7, 11) is 1.41. The van der Waals surface area contributed by atoms with E-state index in [4.69, 9.17) is 14.0 Å². The summed E-state index contributed by atoms with van der Waals surface area (Å²) in [4.78, 5) is 27.4. The summed E-state index contributed by atoms with van der Waals surface area (Å²) in [5, 5.41) is 2.34. The molecule has 1 aromatic heterocycles. The minimum Gasteiger partial charge on any atom is -0.453 e. The molecule has 2 atom stereocenters. The molecule has 23 heavy (non-hydrogen) atoms. The summed E-state index contributed by atoms with van der Waals surface area (Å²) in [5.74, 6) is 0.812. The highest BCUT2D eigenvalue weighted by Crippen LogP contribution is 2.31. The number of likely N-dealkylation sites (tertiary alicyclic amines) is 1. The van der Waals surface area contributed by atoms with Gasteiger partial charge in [-0.15, -0.1) is 0 Å². The molecule has 0 bridgehead atoms. The highest BCUT2D eigenvalue weighted by atomic mass is 16.5. The monoisotopic (exact) mass is 325 g/mol. The number of piperidine rings is 1. The van der Waals surface area contributed by atoms with Gasteiger partial charge in [0, 0.05) is 44.2 Å². The molecule has 128 valence electrons. The Morgan fingerprint density at radius 1 is 1.39 bits per heavy atom. The summed E-state index contributed by atoms with van der Waals surface area (Å²) in [6, 6.07) is 1.55. The minimum atomic E-state index is -0.294. The first-order valence-corrected chi connectivity index (χ1v) is 8.00. The van der Waals surface area contributed by atoms with E-state index in [1.807, 2.05) is 0 Å². The fourth-order valence-electron chi connectivity index (χ4n) is 3.42. The van der Waals surface area contributed by atoms with E-state index in [-0.39, 0.29) is 23.6 Å². The third-order valence-corrected chi connectivity index (χ3v) is 4.64. The highest BCUT2D eigenvalue weighted by Gasteiger charge is 2.35. The number of hydrogen-bond donors (Lipinski definition) is 1. The van der Waals surface area contributed by atoms with Gasteiger partial charge in [0.15, 0.2) is 0 Å². The van der Waals surface area contributed by atoms with Gasteiger partial charge < -0.3 is 18.9 Å². The summed E-state index contributed by atoms with van der Waals surface area (Å²) >= 11 is 0. The van der Waals surface area contributed by atoms with Crippen LogP contribution >= 0.6 is 0 Å². The van der Waals surface area contributed by atoms with Crippen molar-refractivity contribution in [3.8, 4) is 0 Å². The van der Waals surface area contributed by atoms with E-state index in [2.05, 4.69) is 10.1 Å². The summed E-state index contributed by atoms with van der Waals surface area (Å²) in [5.41, 5.74) is -0.222. The van der Waals surface area contributed by atoms with Crippen molar-refractivity contribution in [2.24, 2.45) is 0 Å². The zero-order chi connectivity index (χ0) is 16.2. The Kier molecular flexibility index (Phi) is 5.02. The average molecular weight is 325 g/mol. The lowest BCUT2D eigenvalue weighted by Gasteiger charge is -2.41. The molecule has 0 aliphatic carbocycles. The van der Waals surface area contributed by atoms with E-state index < -0.39 is 0 Å². The van der Waals surface area contributed by atoms with Crippen molar-refractivity contribution in [1.82, 2.24) is 15.0 Å². The molecule has 2 saturated heterocycles. The van der Waals surface area contributed by atoms with Crippen LogP contribution in [0.3, 0.4) is 0 Å². The second kappa shape index (κ2) is 7.18. The third kappa shape index (κ3) is 3.76. The number of methoxy groups -OCH3 is 1. The fourth-order valence-corrected chi connectivity index (χ4v) is 3.42. The first kappa shape index (κ1) is 16.1. The molecular formula is C15H23N3O5. The molecule has 8 nitrogen and oxygen atoms in total. The Hall–Kier alpha value is -1.80. The number of amides is 1. The molecule has 0 unspecified atom stereocenters. The lowest BCUT2D eigenvalue weighted by Crippen LogP contribution is -2.52. The molecule has 1 N–H and O–H groups in total. The van der Waals surface area contributed by atoms with Crippen LogP contribution in [0.4, 0.5) is 4.79 Å². The number of carbonyl (C=O) groups is 1. The van der Waals surface area contributed by atoms with Gasteiger partial charge in [-0.3, -0.25) is 9.69 Å². The summed E-state index contributed by atoms with van der Waals surface area (Å²) in [6.07, 6.45) is 1.22. The molecule has 8 heteroatoms. The predicted octanol–water partition coefficient (Wildman–Crippen LogP) is 0.615. The molecule has 3 rings (SSSR count). The van der Waals surface area contributed by atoms with E-state index in [9.17, 15) is 9.59 Å². The number of aromatic nitrogens is 1. The van der Waals surface area contributed by atoms with Gasteiger partial charge in [0.2, 0.25) is 0 Å². The van der Waals surface area contributed by atoms with Crippen LogP contribution in [0.5, 0.6) is 0 Å². The lowest BCUT2D eigenvalue weighted by molar-refractivity contribution is 0.0139. The first-order chi connectivity index (χ1) is 11.2. The summed E-state index contributed by atoms with van der Waals surface area (Å²) < 4.78 is 15.6. The lowest BCUT2D eigenvalue weighted by atomic mass is 9.88. The van der Waals surface area contributed by atoms with Gasteiger partial charge in [0.1, 0.15) is 5.76 Å². The van der Waals surface area contributed by atoms with Crippen molar-refractivity contribution >= 4 is 6.09 Å². The van der Waals surface area contributed by atoms with Crippen LogP contribution < -0.4 is 5.56 Å². The highest BCUT2D eigenvalue weighted by molar-refractivity contribution is 5.68. The van der Waals surface area contributed by atoms with Crippen LogP contribution in [0.1, 0.15) is 24.5 Å². The molecule has 0 radical (unpaired) electrons. The van der Waals surface area contributed by atoms with Crippen molar-refractivity contribution in [1.29, 1.82) is 0 Å². The normalized spacial score (nSPS) is 26.2. The van der Waals surface area contributed by atoms with Crippen molar-refractivity contribution in [2.75, 3.05) is 46.5 Å². The van der Waals surface area contributed by atoms with E-state index in [0.717, 1.165) is 45.7 Å². The smallest absolute Gasteiger partial charge is 0.409 e. The predicted molar refractivity (Wildman–Crippen MR) is 81.5 cm³/mol. The van der Waals surface area contributed by atoms with Gasteiger partial charge in [-0.2, -0.15) is 5.16 Å². The largest absolute Gasteiger partial charge is 0.453 e. The van der Waals surface area contributed by atoms with Crippen LogP contribution in [0, 0.1) is 0 Å². The molecule has 2 aliphatic rings. The van der Waals surface area contributed by atoms with Crippen molar-refractivity contribution in [3.63, 3.8) is 0 Å².